The van der Waals surface area contributed by atoms with Crippen LogP contribution in [0.3, 0.4) is 0 Å². The van der Waals surface area contributed by atoms with E-state index in [-0.39, 0.29) is 12.8 Å². The molecule has 0 spiro atoms. The van der Waals surface area contributed by atoms with Gasteiger partial charge in [0.25, 0.3) is 0 Å². The van der Waals surface area contributed by atoms with E-state index in [0.29, 0.717) is 18.8 Å². The van der Waals surface area contributed by atoms with Gasteiger partial charge in [0.2, 0.25) is 6.79 Å². The van der Waals surface area contributed by atoms with Gasteiger partial charge in [0.1, 0.15) is 5.70 Å². The smallest absolute Gasteiger partial charge is 0.354 e. The molecule has 5 heteroatoms. The van der Waals surface area contributed by atoms with Crippen molar-refractivity contribution in [3.63, 3.8) is 0 Å². The number of hydrogen-bond donors (Lipinski definition) is 1. The number of carbonyl (C=O) groups excluding carboxylic acids is 1. The molecular weight excluding hydrogens is 234 g/mol. The number of rotatable bonds is 2. The van der Waals surface area contributed by atoms with Crippen LogP contribution in [0.25, 0.3) is 6.08 Å². The van der Waals surface area contributed by atoms with Crippen molar-refractivity contribution in [1.29, 1.82) is 0 Å². The molecule has 0 fully saturated rings. The third-order valence-electron chi connectivity index (χ3n) is 2.90. The van der Waals surface area contributed by atoms with E-state index in [9.17, 15) is 4.79 Å². The maximum atomic E-state index is 11.6. The molecule has 18 heavy (non-hydrogen) atoms. The SMILES string of the molecule is CCOC(=O)C1=Cc2cc3c(cc2CN1)OCO3. The third kappa shape index (κ3) is 1.77. The van der Waals surface area contributed by atoms with Gasteiger partial charge in [0.15, 0.2) is 11.5 Å². The van der Waals surface area contributed by atoms with Crippen LogP contribution in [0.1, 0.15) is 18.1 Å². The number of ether oxygens (including phenoxy) is 3. The molecule has 0 radical (unpaired) electrons. The maximum Gasteiger partial charge on any atom is 0.354 e. The number of nitrogens with one attached hydrogen (secondary N) is 1. The molecular formula is C13H13NO4. The Morgan fingerprint density at radius 1 is 1.39 bits per heavy atom. The summed E-state index contributed by atoms with van der Waals surface area (Å²) in [6.07, 6.45) is 1.78. The van der Waals surface area contributed by atoms with Gasteiger partial charge in [-0.3, -0.25) is 0 Å². The van der Waals surface area contributed by atoms with E-state index in [4.69, 9.17) is 14.2 Å². The Labute approximate surface area is 104 Å². The molecule has 1 N–H and O–H groups in total. The van der Waals surface area contributed by atoms with Gasteiger partial charge in [-0.1, -0.05) is 0 Å². The summed E-state index contributed by atoms with van der Waals surface area (Å²) in [6, 6.07) is 3.82. The topological polar surface area (TPSA) is 56.8 Å². The van der Waals surface area contributed by atoms with Crippen LogP contribution in [-0.2, 0) is 16.1 Å². The molecule has 0 atom stereocenters. The molecule has 2 heterocycles. The van der Waals surface area contributed by atoms with Crippen molar-refractivity contribution >= 4 is 12.0 Å². The molecule has 5 nitrogen and oxygen atoms in total. The summed E-state index contributed by atoms with van der Waals surface area (Å²) >= 11 is 0. The molecule has 1 aromatic carbocycles. The van der Waals surface area contributed by atoms with Crippen molar-refractivity contribution in [1.82, 2.24) is 5.32 Å². The molecule has 0 bridgehead atoms. The van der Waals surface area contributed by atoms with Crippen LogP contribution in [0.5, 0.6) is 11.5 Å². The second-order valence-corrected chi connectivity index (χ2v) is 4.04. The predicted molar refractivity (Wildman–Crippen MR) is 64.0 cm³/mol. The van der Waals surface area contributed by atoms with Crippen LogP contribution in [-0.4, -0.2) is 19.4 Å². The largest absolute Gasteiger partial charge is 0.461 e. The quantitative estimate of drug-likeness (QED) is 0.801. The average molecular weight is 247 g/mol. The van der Waals surface area contributed by atoms with E-state index < -0.39 is 0 Å². The summed E-state index contributed by atoms with van der Waals surface area (Å²) in [6.45, 7) is 2.98. The highest BCUT2D eigenvalue weighted by Gasteiger charge is 2.21. The maximum absolute atomic E-state index is 11.6. The highest BCUT2D eigenvalue weighted by atomic mass is 16.7. The minimum absolute atomic E-state index is 0.250. The van der Waals surface area contributed by atoms with Crippen molar-refractivity contribution in [2.75, 3.05) is 13.4 Å². The van der Waals surface area contributed by atoms with Crippen LogP contribution < -0.4 is 14.8 Å². The molecule has 0 aliphatic carbocycles. The Morgan fingerprint density at radius 3 is 2.94 bits per heavy atom. The van der Waals surface area contributed by atoms with Gasteiger partial charge < -0.3 is 19.5 Å². The summed E-state index contributed by atoms with van der Waals surface area (Å²) in [4.78, 5) is 11.6. The molecule has 0 aromatic heterocycles. The highest BCUT2D eigenvalue weighted by Crippen LogP contribution is 2.36. The lowest BCUT2D eigenvalue weighted by Crippen LogP contribution is -2.25. The zero-order chi connectivity index (χ0) is 12.5. The fourth-order valence-corrected chi connectivity index (χ4v) is 2.02. The molecule has 0 amide bonds. The molecule has 1 aromatic rings. The predicted octanol–water partition coefficient (Wildman–Crippen LogP) is 1.42. The Balaban J connectivity index is 1.94. The monoisotopic (exact) mass is 247 g/mol. The molecule has 0 saturated heterocycles. The van der Waals surface area contributed by atoms with E-state index >= 15 is 0 Å². The second kappa shape index (κ2) is 4.25. The van der Waals surface area contributed by atoms with E-state index in [1.807, 2.05) is 12.1 Å². The van der Waals surface area contributed by atoms with Gasteiger partial charge in [-0.05, 0) is 36.3 Å². The Kier molecular flexibility index (Phi) is 2.59. The summed E-state index contributed by atoms with van der Waals surface area (Å²) in [5, 5.41) is 3.04. The van der Waals surface area contributed by atoms with E-state index in [1.54, 1.807) is 13.0 Å². The molecule has 3 rings (SSSR count). The number of esters is 1. The van der Waals surface area contributed by atoms with Crippen molar-refractivity contribution < 1.29 is 19.0 Å². The first-order valence-electron chi connectivity index (χ1n) is 5.83. The normalized spacial score (nSPS) is 15.5. The van der Waals surface area contributed by atoms with Crippen LogP contribution in [0.2, 0.25) is 0 Å². The highest BCUT2D eigenvalue weighted by molar-refractivity contribution is 5.94. The lowest BCUT2D eigenvalue weighted by Gasteiger charge is -2.18. The zero-order valence-electron chi connectivity index (χ0n) is 9.99. The van der Waals surface area contributed by atoms with Gasteiger partial charge >= 0.3 is 5.97 Å². The van der Waals surface area contributed by atoms with Gasteiger partial charge in [-0.15, -0.1) is 0 Å². The fourth-order valence-electron chi connectivity index (χ4n) is 2.02. The fraction of sp³-hybridized carbons (Fsp3) is 0.308. The van der Waals surface area contributed by atoms with Crippen molar-refractivity contribution in [2.24, 2.45) is 0 Å². The summed E-state index contributed by atoms with van der Waals surface area (Å²) in [5.41, 5.74) is 2.51. The molecule has 0 unspecified atom stereocenters. The van der Waals surface area contributed by atoms with Crippen molar-refractivity contribution in [3.05, 3.63) is 29.0 Å². The second-order valence-electron chi connectivity index (χ2n) is 4.04. The van der Waals surface area contributed by atoms with Gasteiger partial charge in [-0.2, -0.15) is 0 Å². The first-order valence-corrected chi connectivity index (χ1v) is 5.83. The lowest BCUT2D eigenvalue weighted by molar-refractivity contribution is -0.138. The lowest BCUT2D eigenvalue weighted by atomic mass is 10.0. The number of fused-ring (bicyclic) bond motifs is 2. The molecule has 2 aliphatic heterocycles. The number of benzene rings is 1. The summed E-state index contributed by atoms with van der Waals surface area (Å²) < 4.78 is 15.6. The van der Waals surface area contributed by atoms with Crippen molar-refractivity contribution in [2.45, 2.75) is 13.5 Å². The van der Waals surface area contributed by atoms with E-state index in [2.05, 4.69) is 5.32 Å². The number of carbonyl (C=O) groups is 1. The van der Waals surface area contributed by atoms with Crippen LogP contribution in [0.15, 0.2) is 17.8 Å². The Bertz CT molecular complexity index is 536. The van der Waals surface area contributed by atoms with Crippen LogP contribution in [0, 0.1) is 0 Å². The summed E-state index contributed by atoms with van der Waals surface area (Å²) in [5.74, 6) is 1.14. The van der Waals surface area contributed by atoms with Crippen molar-refractivity contribution in [3.8, 4) is 11.5 Å². The van der Waals surface area contributed by atoms with E-state index in [1.165, 1.54) is 0 Å². The van der Waals surface area contributed by atoms with E-state index in [0.717, 1.165) is 22.6 Å². The van der Waals surface area contributed by atoms with Crippen LogP contribution in [0.4, 0.5) is 0 Å². The first kappa shape index (κ1) is 11.0. The Morgan fingerprint density at radius 2 is 2.17 bits per heavy atom. The van der Waals surface area contributed by atoms with Gasteiger partial charge in [0.05, 0.1) is 6.61 Å². The first-order chi connectivity index (χ1) is 8.78. The minimum atomic E-state index is -0.333. The molecule has 94 valence electrons. The van der Waals surface area contributed by atoms with Gasteiger partial charge in [0, 0.05) is 6.54 Å². The summed E-state index contributed by atoms with van der Waals surface area (Å²) in [7, 11) is 0. The molecule has 0 saturated carbocycles. The number of hydrogen-bond acceptors (Lipinski definition) is 5. The van der Waals surface area contributed by atoms with Gasteiger partial charge in [-0.25, -0.2) is 4.79 Å². The third-order valence-corrected chi connectivity index (χ3v) is 2.90. The standard InChI is InChI=1S/C13H13NO4/c1-2-16-13(15)10-3-8-4-11-12(18-7-17-11)5-9(8)6-14-10/h3-5,14H,2,6-7H2,1H3. The zero-order valence-corrected chi connectivity index (χ0v) is 9.99. The Hall–Kier alpha value is -2.17. The average Bonchev–Trinajstić information content (AvgIpc) is 2.82. The minimum Gasteiger partial charge on any atom is -0.461 e. The molecule has 2 aliphatic rings. The van der Waals surface area contributed by atoms with Crippen LogP contribution >= 0.6 is 0 Å².